The number of nitrogens with one attached hydrogen (secondary N) is 2. The lowest BCUT2D eigenvalue weighted by Gasteiger charge is -2.35. The molecule has 11 heteroatoms. The highest BCUT2D eigenvalue weighted by Gasteiger charge is 2.51. The summed E-state index contributed by atoms with van der Waals surface area (Å²) in [6.45, 7) is 13.6. The molecule has 2 aliphatic rings. The van der Waals surface area contributed by atoms with Crippen molar-refractivity contribution >= 4 is 30.6 Å². The van der Waals surface area contributed by atoms with Crippen LogP contribution in [-0.4, -0.2) is 72.6 Å². The van der Waals surface area contributed by atoms with E-state index in [1.807, 2.05) is 52.0 Å². The summed E-state index contributed by atoms with van der Waals surface area (Å²) in [7, 11) is 0.757. The number of methoxy groups -OCH3 is 1. The minimum absolute atomic E-state index is 0.201. The molecule has 1 aromatic rings. The van der Waals surface area contributed by atoms with Gasteiger partial charge in [0, 0.05) is 13.0 Å². The molecule has 0 spiro atoms. The zero-order chi connectivity index (χ0) is 27.6. The third-order valence-corrected chi connectivity index (χ3v) is 6.84. The summed E-state index contributed by atoms with van der Waals surface area (Å²) < 4.78 is 22.6. The number of rotatable bonds is 6. The van der Waals surface area contributed by atoms with Crippen LogP contribution in [0.3, 0.4) is 0 Å². The first-order valence-corrected chi connectivity index (χ1v) is 12.7. The Morgan fingerprint density at radius 3 is 2.43 bits per heavy atom. The normalized spacial score (nSPS) is 21.8. The molecule has 1 unspecified atom stereocenters. The number of esters is 1. The highest BCUT2D eigenvalue weighted by molar-refractivity contribution is 6.62. The van der Waals surface area contributed by atoms with Crippen molar-refractivity contribution in [3.05, 3.63) is 29.8 Å². The zero-order valence-corrected chi connectivity index (χ0v) is 23.2. The highest BCUT2D eigenvalue weighted by atomic mass is 16.7. The number of hydrogen-bond acceptors (Lipinski definition) is 8. The van der Waals surface area contributed by atoms with Gasteiger partial charge in [-0.2, -0.15) is 0 Å². The maximum atomic E-state index is 13.6. The van der Waals surface area contributed by atoms with E-state index in [4.69, 9.17) is 18.8 Å². The minimum atomic E-state index is -0.938. The molecular formula is C26H40BN3O7. The summed E-state index contributed by atoms with van der Waals surface area (Å²) in [5.74, 6) is -0.815. The van der Waals surface area contributed by atoms with Crippen molar-refractivity contribution in [3.63, 3.8) is 0 Å². The highest BCUT2D eigenvalue weighted by Crippen LogP contribution is 2.36. The second-order valence-corrected chi connectivity index (χ2v) is 11.6. The van der Waals surface area contributed by atoms with Gasteiger partial charge in [-0.15, -0.1) is 0 Å². The number of amides is 2. The molecule has 2 heterocycles. The third kappa shape index (κ3) is 7.24. The van der Waals surface area contributed by atoms with Gasteiger partial charge < -0.3 is 24.1 Å². The lowest BCUT2D eigenvalue weighted by Crippen LogP contribution is -2.60. The minimum Gasteiger partial charge on any atom is -0.468 e. The Labute approximate surface area is 219 Å². The first kappa shape index (κ1) is 28.9. The van der Waals surface area contributed by atoms with Crippen LogP contribution in [0, 0.1) is 0 Å². The maximum absolute atomic E-state index is 13.6. The molecule has 0 bridgehead atoms. The molecule has 0 radical (unpaired) electrons. The molecule has 2 amide bonds. The topological polar surface area (TPSA) is 115 Å². The van der Waals surface area contributed by atoms with Gasteiger partial charge in [0.15, 0.2) is 0 Å². The molecule has 3 rings (SSSR count). The van der Waals surface area contributed by atoms with Crippen LogP contribution in [0.2, 0.25) is 0 Å². The van der Waals surface area contributed by atoms with Crippen LogP contribution in [-0.2, 0) is 34.8 Å². The van der Waals surface area contributed by atoms with Crippen molar-refractivity contribution in [2.24, 2.45) is 0 Å². The van der Waals surface area contributed by atoms with E-state index < -0.39 is 48.1 Å². The summed E-state index contributed by atoms with van der Waals surface area (Å²) >= 11 is 0. The van der Waals surface area contributed by atoms with Crippen molar-refractivity contribution in [1.29, 1.82) is 0 Å². The second-order valence-electron chi connectivity index (χ2n) is 11.6. The van der Waals surface area contributed by atoms with Gasteiger partial charge in [0.25, 0.3) is 5.91 Å². The van der Waals surface area contributed by atoms with Gasteiger partial charge in [-0.05, 0) is 72.3 Å². The second kappa shape index (κ2) is 11.0. The number of alkyl carbamates (subject to hydrolysis) is 1. The monoisotopic (exact) mass is 517 g/mol. The Kier molecular flexibility index (Phi) is 8.61. The van der Waals surface area contributed by atoms with Crippen LogP contribution >= 0.6 is 0 Å². The molecule has 2 aliphatic heterocycles. The average Bonchev–Trinajstić information content (AvgIpc) is 3.03. The molecule has 37 heavy (non-hydrogen) atoms. The number of hydrogen-bond donors (Lipinski definition) is 2. The van der Waals surface area contributed by atoms with Gasteiger partial charge in [0.1, 0.15) is 17.7 Å². The van der Waals surface area contributed by atoms with E-state index in [9.17, 15) is 14.4 Å². The quantitative estimate of drug-likeness (QED) is 0.436. The van der Waals surface area contributed by atoms with Gasteiger partial charge in [0.2, 0.25) is 0 Å². The van der Waals surface area contributed by atoms with E-state index in [1.54, 1.807) is 20.8 Å². The van der Waals surface area contributed by atoms with Crippen molar-refractivity contribution < 1.29 is 33.2 Å². The van der Waals surface area contributed by atoms with Crippen molar-refractivity contribution in [2.75, 3.05) is 13.7 Å². The fourth-order valence-electron chi connectivity index (χ4n) is 4.18. The summed E-state index contributed by atoms with van der Waals surface area (Å²) in [5, 5.41) is 4.10. The molecule has 0 aliphatic carbocycles. The van der Waals surface area contributed by atoms with E-state index in [0.717, 1.165) is 11.0 Å². The predicted octanol–water partition coefficient (Wildman–Crippen LogP) is 2.09. The SMILES string of the molecule is COC(=O)[C@@H]1CCCN(C(=O)C(Cc2cccc(B3OC(C)(C)C(C)(C)O3)c2)NC(=O)OC(C)(C)C)N1. The van der Waals surface area contributed by atoms with E-state index in [0.29, 0.717) is 19.4 Å². The number of carbonyl (C=O) groups is 3. The number of carbonyl (C=O) groups excluding carboxylic acids is 3. The molecule has 2 N–H and O–H groups in total. The molecule has 0 aromatic heterocycles. The Bertz CT molecular complexity index is 992. The van der Waals surface area contributed by atoms with Crippen molar-refractivity contribution in [3.8, 4) is 0 Å². The van der Waals surface area contributed by atoms with Crippen LogP contribution in [0.15, 0.2) is 24.3 Å². The summed E-state index contributed by atoms with van der Waals surface area (Å²) in [4.78, 5) is 38.3. The number of hydrazine groups is 1. The smallest absolute Gasteiger partial charge is 0.468 e. The molecule has 2 saturated heterocycles. The molecule has 2 fully saturated rings. The first-order chi connectivity index (χ1) is 17.1. The Hall–Kier alpha value is -2.63. The molecule has 204 valence electrons. The average molecular weight is 517 g/mol. The number of ether oxygens (including phenoxy) is 2. The van der Waals surface area contributed by atoms with Crippen LogP contribution < -0.4 is 16.2 Å². The molecular weight excluding hydrogens is 477 g/mol. The largest absolute Gasteiger partial charge is 0.494 e. The van der Waals surface area contributed by atoms with Crippen LogP contribution in [0.5, 0.6) is 0 Å². The van der Waals surface area contributed by atoms with Gasteiger partial charge in [0.05, 0.1) is 18.3 Å². The van der Waals surface area contributed by atoms with Gasteiger partial charge in [-0.1, -0.05) is 24.3 Å². The number of benzene rings is 1. The summed E-state index contributed by atoms with van der Waals surface area (Å²) in [5.41, 5.74) is 2.87. The Balaban J connectivity index is 1.81. The molecule has 1 aromatic carbocycles. The lowest BCUT2D eigenvalue weighted by molar-refractivity contribution is -0.150. The van der Waals surface area contributed by atoms with Crippen molar-refractivity contribution in [2.45, 2.75) is 96.6 Å². The number of nitrogens with zero attached hydrogens (tertiary/aromatic N) is 1. The third-order valence-electron chi connectivity index (χ3n) is 6.84. The van der Waals surface area contributed by atoms with Crippen LogP contribution in [0.25, 0.3) is 0 Å². The van der Waals surface area contributed by atoms with Gasteiger partial charge in [-0.3, -0.25) is 14.6 Å². The van der Waals surface area contributed by atoms with E-state index in [2.05, 4.69) is 10.7 Å². The van der Waals surface area contributed by atoms with E-state index >= 15 is 0 Å². The molecule has 0 saturated carbocycles. The molecule has 2 atom stereocenters. The maximum Gasteiger partial charge on any atom is 0.494 e. The fraction of sp³-hybridized carbons (Fsp3) is 0.654. The standard InChI is InChI=1S/C26H40BN3O7/c1-24(2,3)35-23(33)28-20(21(31)30-14-10-13-19(29-30)22(32)34-8)16-17-11-9-12-18(15-17)27-36-25(4,5)26(6,7)37-27/h9,11-12,15,19-20,29H,10,13-14,16H2,1-8H3,(H,28,33)/t19-,20?/m0/s1. The summed E-state index contributed by atoms with van der Waals surface area (Å²) in [6.07, 6.45) is 0.674. The van der Waals surface area contributed by atoms with Crippen LogP contribution in [0.4, 0.5) is 4.79 Å². The van der Waals surface area contributed by atoms with Crippen molar-refractivity contribution in [1.82, 2.24) is 15.8 Å². The Morgan fingerprint density at radius 2 is 1.84 bits per heavy atom. The van der Waals surface area contributed by atoms with E-state index in [-0.39, 0.29) is 12.3 Å². The zero-order valence-electron chi connectivity index (χ0n) is 23.2. The predicted molar refractivity (Wildman–Crippen MR) is 139 cm³/mol. The van der Waals surface area contributed by atoms with Gasteiger partial charge >= 0.3 is 19.2 Å². The first-order valence-electron chi connectivity index (χ1n) is 12.7. The van der Waals surface area contributed by atoms with Gasteiger partial charge in [-0.25, -0.2) is 10.2 Å². The fourth-order valence-corrected chi connectivity index (χ4v) is 4.18. The summed E-state index contributed by atoms with van der Waals surface area (Å²) in [6, 6.07) is 6.02. The lowest BCUT2D eigenvalue weighted by atomic mass is 9.78. The molecule has 10 nitrogen and oxygen atoms in total. The Morgan fingerprint density at radius 1 is 1.19 bits per heavy atom. The van der Waals surface area contributed by atoms with E-state index in [1.165, 1.54) is 12.1 Å². The van der Waals surface area contributed by atoms with Crippen LogP contribution in [0.1, 0.15) is 66.9 Å².